The predicted molar refractivity (Wildman–Crippen MR) is 152 cm³/mol. The normalized spacial score (nSPS) is 27.2. The maximum Gasteiger partial charge on any atom is 0.250 e. The molecule has 1 saturated heterocycles. The lowest BCUT2D eigenvalue weighted by atomic mass is 9.70. The zero-order chi connectivity index (χ0) is 27.3. The van der Waals surface area contributed by atoms with Gasteiger partial charge in [0.1, 0.15) is 17.2 Å². The largest absolute Gasteiger partial charge is 0.392 e. The van der Waals surface area contributed by atoms with Crippen molar-refractivity contribution in [1.29, 1.82) is 0 Å². The number of anilines is 1. The van der Waals surface area contributed by atoms with Gasteiger partial charge < -0.3 is 15.0 Å². The first kappa shape index (κ1) is 24.8. The highest BCUT2D eigenvalue weighted by molar-refractivity contribution is 6.31. The smallest absolute Gasteiger partial charge is 0.250 e. The van der Waals surface area contributed by atoms with Crippen molar-refractivity contribution < 1.29 is 14.3 Å². The lowest BCUT2D eigenvalue weighted by Gasteiger charge is -2.40. The van der Waals surface area contributed by atoms with E-state index in [-0.39, 0.29) is 29.5 Å². The van der Waals surface area contributed by atoms with Gasteiger partial charge in [0, 0.05) is 47.2 Å². The topological polar surface area (TPSA) is 70.4 Å². The number of aromatic nitrogens is 2. The van der Waals surface area contributed by atoms with E-state index in [0.29, 0.717) is 22.2 Å². The van der Waals surface area contributed by atoms with E-state index in [1.54, 1.807) is 24.3 Å². The van der Waals surface area contributed by atoms with Crippen LogP contribution in [0, 0.1) is 11.7 Å². The maximum atomic E-state index is 16.1. The van der Waals surface area contributed by atoms with Crippen LogP contribution in [0.5, 0.6) is 0 Å². The number of benzene rings is 3. The van der Waals surface area contributed by atoms with E-state index in [1.807, 2.05) is 30.3 Å². The van der Waals surface area contributed by atoms with Crippen LogP contribution in [0.15, 0.2) is 54.6 Å². The van der Waals surface area contributed by atoms with E-state index in [9.17, 15) is 9.90 Å². The Labute approximate surface area is 240 Å². The van der Waals surface area contributed by atoms with Crippen LogP contribution in [0.25, 0.3) is 11.0 Å². The van der Waals surface area contributed by atoms with Gasteiger partial charge in [-0.3, -0.25) is 9.69 Å². The van der Waals surface area contributed by atoms with Gasteiger partial charge in [-0.25, -0.2) is 9.37 Å². The molecule has 1 spiro atoms. The Hall–Kier alpha value is -2.97. The third-order valence-electron chi connectivity index (χ3n) is 9.50. The highest BCUT2D eigenvalue weighted by Crippen LogP contribution is 2.64. The zero-order valence-electron chi connectivity index (χ0n) is 21.6. The van der Waals surface area contributed by atoms with Gasteiger partial charge in [0.2, 0.25) is 5.91 Å². The molecule has 3 aliphatic heterocycles. The molecule has 8 rings (SSSR count). The van der Waals surface area contributed by atoms with Crippen molar-refractivity contribution in [1.82, 2.24) is 14.5 Å². The van der Waals surface area contributed by atoms with Crippen LogP contribution < -0.4 is 5.32 Å². The van der Waals surface area contributed by atoms with E-state index in [1.165, 1.54) is 0 Å². The van der Waals surface area contributed by atoms with Crippen molar-refractivity contribution in [2.45, 2.75) is 55.8 Å². The van der Waals surface area contributed by atoms with Crippen LogP contribution in [0.1, 0.15) is 53.6 Å². The quantitative estimate of drug-likeness (QED) is 0.304. The van der Waals surface area contributed by atoms with E-state index < -0.39 is 17.3 Å². The lowest BCUT2D eigenvalue weighted by Crippen LogP contribution is -2.53. The molecule has 6 nitrogen and oxygen atoms in total. The van der Waals surface area contributed by atoms with Gasteiger partial charge in [-0.2, -0.15) is 0 Å². The number of aryl methyl sites for hydroxylation is 1. The Kier molecular flexibility index (Phi) is 5.43. The number of carbonyl (C=O) groups is 1. The summed E-state index contributed by atoms with van der Waals surface area (Å²) in [5, 5.41) is 13.5. The maximum absolute atomic E-state index is 16.1. The summed E-state index contributed by atoms with van der Waals surface area (Å²) in [4.78, 5) is 22.0. The third kappa shape index (κ3) is 3.29. The van der Waals surface area contributed by atoms with Crippen molar-refractivity contribution in [2.75, 3.05) is 11.9 Å². The summed E-state index contributed by atoms with van der Waals surface area (Å²) in [5.41, 5.74) is 3.34. The fourth-order valence-corrected chi connectivity index (χ4v) is 8.09. The molecule has 0 radical (unpaired) electrons. The summed E-state index contributed by atoms with van der Waals surface area (Å²) in [6.45, 7) is 1.42. The van der Waals surface area contributed by atoms with Crippen molar-refractivity contribution in [3.63, 3.8) is 0 Å². The molecule has 4 aliphatic rings. The van der Waals surface area contributed by atoms with Crippen molar-refractivity contribution >= 4 is 45.8 Å². The molecule has 2 fully saturated rings. The standard InChI is InChI=1S/C31H27Cl2FN4O2/c32-18-7-8-20-22(13-18)36-30(40)31(20)27(19-2-1-3-21(33)28(19)34)26-25(38(31)14-16-4-5-16)10-11-37-24-9-6-17(15-39)12-23(24)35-29(26)37/h1-3,6-9,12-13,16,25-27,39H,4-5,10-11,14-15H2,(H,36,40)/t25-,26+,27-,31+/m0/s1. The first-order valence-corrected chi connectivity index (χ1v) is 14.6. The minimum absolute atomic E-state index is 0.0296. The Morgan fingerprint density at radius 1 is 1.10 bits per heavy atom. The number of nitrogens with zero attached hydrogens (tertiary/aromatic N) is 3. The average Bonchev–Trinajstić information content (AvgIpc) is 3.54. The predicted octanol–water partition coefficient (Wildman–Crippen LogP) is 6.19. The first-order chi connectivity index (χ1) is 19.4. The van der Waals surface area contributed by atoms with Gasteiger partial charge in [0.05, 0.1) is 22.7 Å². The molecule has 9 heteroatoms. The number of halogens is 3. The van der Waals surface area contributed by atoms with Crippen LogP contribution in [0.2, 0.25) is 10.0 Å². The molecule has 1 amide bonds. The molecular formula is C31H27Cl2FN4O2. The van der Waals surface area contributed by atoms with E-state index >= 15 is 4.39 Å². The van der Waals surface area contributed by atoms with Crippen molar-refractivity contribution in [3.8, 4) is 0 Å². The molecule has 1 saturated carbocycles. The second-order valence-corrected chi connectivity index (χ2v) is 12.5. The van der Waals surface area contributed by atoms with Crippen LogP contribution >= 0.6 is 23.2 Å². The summed E-state index contributed by atoms with van der Waals surface area (Å²) in [6.07, 6.45) is 3.05. The fourth-order valence-electron chi connectivity index (χ4n) is 7.74. The van der Waals surface area contributed by atoms with Gasteiger partial charge >= 0.3 is 0 Å². The monoisotopic (exact) mass is 576 g/mol. The molecule has 40 heavy (non-hydrogen) atoms. The summed E-state index contributed by atoms with van der Waals surface area (Å²) in [7, 11) is 0. The Morgan fingerprint density at radius 2 is 1.95 bits per heavy atom. The second kappa shape index (κ2) is 8.76. The number of fused-ring (bicyclic) bond motifs is 7. The lowest BCUT2D eigenvalue weighted by molar-refractivity contribution is -0.128. The molecule has 0 unspecified atom stereocenters. The zero-order valence-corrected chi connectivity index (χ0v) is 23.1. The number of amides is 1. The third-order valence-corrected chi connectivity index (χ3v) is 10.0. The molecule has 1 aromatic heterocycles. The average molecular weight is 577 g/mol. The molecule has 204 valence electrons. The van der Waals surface area contributed by atoms with Crippen LogP contribution in [-0.2, 0) is 23.5 Å². The number of aliphatic hydroxyl groups excluding tert-OH is 1. The Balaban J connectivity index is 1.44. The highest BCUT2D eigenvalue weighted by atomic mass is 35.5. The molecule has 0 bridgehead atoms. The first-order valence-electron chi connectivity index (χ1n) is 13.8. The molecule has 4 atom stereocenters. The van der Waals surface area contributed by atoms with Crippen LogP contribution in [0.4, 0.5) is 10.1 Å². The van der Waals surface area contributed by atoms with Gasteiger partial charge in [-0.05, 0) is 66.6 Å². The number of likely N-dealkylation sites (tertiary alicyclic amines) is 1. The summed E-state index contributed by atoms with van der Waals surface area (Å²) in [5.74, 6) is -0.152. The Bertz CT molecular complexity index is 1720. The van der Waals surface area contributed by atoms with Crippen molar-refractivity contribution in [2.24, 2.45) is 5.92 Å². The van der Waals surface area contributed by atoms with E-state index in [2.05, 4.69) is 14.8 Å². The molecular weight excluding hydrogens is 550 g/mol. The number of carbonyl (C=O) groups excluding carboxylic acids is 1. The minimum Gasteiger partial charge on any atom is -0.392 e. The van der Waals surface area contributed by atoms with Crippen molar-refractivity contribution in [3.05, 3.63) is 93.0 Å². The SMILES string of the molecule is O=C1Nc2cc(Cl)ccc2[C@@]12[C@@H](c1cccc(Cl)c1F)[C@@H]1c3nc4cc(CO)ccc4n3CC[C@@H]1N2CC1CC1. The van der Waals surface area contributed by atoms with Gasteiger partial charge in [0.15, 0.2) is 0 Å². The molecule has 3 aromatic carbocycles. The van der Waals surface area contributed by atoms with Crippen LogP contribution in [0.3, 0.4) is 0 Å². The fraction of sp³-hybridized carbons (Fsp3) is 0.355. The minimum atomic E-state index is -1.15. The number of hydrogen-bond donors (Lipinski definition) is 2. The van der Waals surface area contributed by atoms with Gasteiger partial charge in [-0.15, -0.1) is 0 Å². The highest BCUT2D eigenvalue weighted by Gasteiger charge is 2.69. The number of rotatable bonds is 4. The molecule has 1 aliphatic carbocycles. The Morgan fingerprint density at radius 3 is 2.75 bits per heavy atom. The van der Waals surface area contributed by atoms with E-state index in [0.717, 1.165) is 60.3 Å². The number of aliphatic hydroxyl groups is 1. The summed E-state index contributed by atoms with van der Waals surface area (Å²) < 4.78 is 18.4. The van der Waals surface area contributed by atoms with Gasteiger partial charge in [0.25, 0.3) is 0 Å². The van der Waals surface area contributed by atoms with E-state index in [4.69, 9.17) is 28.2 Å². The summed E-state index contributed by atoms with van der Waals surface area (Å²) >= 11 is 12.8. The van der Waals surface area contributed by atoms with Crippen LogP contribution in [-0.4, -0.2) is 38.1 Å². The molecule has 4 heterocycles. The van der Waals surface area contributed by atoms with Gasteiger partial charge in [-0.1, -0.05) is 47.5 Å². The second-order valence-electron chi connectivity index (χ2n) is 11.6. The molecule has 4 aromatic rings. The number of imidazole rings is 1. The number of hydrogen-bond acceptors (Lipinski definition) is 4. The molecule has 2 N–H and O–H groups in total. The summed E-state index contributed by atoms with van der Waals surface area (Å²) in [6, 6.07) is 16.4. The number of nitrogens with one attached hydrogen (secondary N) is 1.